The molecular weight excluding hydrogens is 205 g/mol. The lowest BCUT2D eigenvalue weighted by Crippen LogP contribution is -1.99. The highest BCUT2D eigenvalue weighted by atomic mass is 19.1. The van der Waals surface area contributed by atoms with E-state index in [0.717, 1.165) is 5.56 Å². The lowest BCUT2D eigenvalue weighted by molar-refractivity contribution is 0.469. The molecule has 0 bridgehead atoms. The Kier molecular flexibility index (Phi) is 3.05. The summed E-state index contributed by atoms with van der Waals surface area (Å²) >= 11 is 0. The van der Waals surface area contributed by atoms with Crippen LogP contribution in [0.1, 0.15) is 5.56 Å². The molecule has 0 aliphatic rings. The van der Waals surface area contributed by atoms with Crippen molar-refractivity contribution in [2.24, 2.45) is 0 Å². The Morgan fingerprint density at radius 2 is 1.88 bits per heavy atom. The van der Waals surface area contributed by atoms with Crippen molar-refractivity contribution >= 4 is 5.69 Å². The number of phenolic OH excluding ortho intramolecular Hbond substituents is 1. The van der Waals surface area contributed by atoms with Gasteiger partial charge in [-0.1, -0.05) is 24.3 Å². The lowest BCUT2D eigenvalue weighted by Gasteiger charge is -2.07. The number of para-hydroxylation sites is 1. The Morgan fingerprint density at radius 3 is 2.62 bits per heavy atom. The van der Waals surface area contributed by atoms with Crippen LogP contribution in [0.4, 0.5) is 10.1 Å². The van der Waals surface area contributed by atoms with Gasteiger partial charge in [0.05, 0.1) is 0 Å². The summed E-state index contributed by atoms with van der Waals surface area (Å²) in [7, 11) is 0. The van der Waals surface area contributed by atoms with E-state index in [2.05, 4.69) is 5.32 Å². The van der Waals surface area contributed by atoms with Crippen molar-refractivity contribution in [3.05, 3.63) is 59.9 Å². The van der Waals surface area contributed by atoms with Crippen LogP contribution >= 0.6 is 0 Å². The van der Waals surface area contributed by atoms with Crippen LogP contribution < -0.4 is 5.32 Å². The van der Waals surface area contributed by atoms with Crippen LogP contribution in [0.5, 0.6) is 5.75 Å². The maximum absolute atomic E-state index is 12.9. The normalized spacial score (nSPS) is 10.1. The standard InChI is InChI=1S/C13H12FNO/c14-11-5-3-6-12(8-11)15-9-10-4-1-2-7-13(10)16/h1-8,15-16H,9H2. The molecular formula is C13H12FNO. The quantitative estimate of drug-likeness (QED) is 0.827. The van der Waals surface area contributed by atoms with E-state index in [4.69, 9.17) is 0 Å². The molecule has 0 atom stereocenters. The molecule has 2 N–H and O–H groups in total. The minimum atomic E-state index is -0.276. The molecule has 2 aromatic rings. The van der Waals surface area contributed by atoms with Gasteiger partial charge < -0.3 is 10.4 Å². The SMILES string of the molecule is Oc1ccccc1CNc1cccc(F)c1. The largest absolute Gasteiger partial charge is 0.508 e. The Morgan fingerprint density at radius 1 is 1.06 bits per heavy atom. The first-order valence-electron chi connectivity index (χ1n) is 5.02. The van der Waals surface area contributed by atoms with Crippen molar-refractivity contribution in [1.29, 1.82) is 0 Å². The molecule has 0 amide bonds. The van der Waals surface area contributed by atoms with E-state index < -0.39 is 0 Å². The summed E-state index contributed by atoms with van der Waals surface area (Å²) in [6.07, 6.45) is 0. The van der Waals surface area contributed by atoms with E-state index in [1.54, 1.807) is 24.3 Å². The predicted molar refractivity (Wildman–Crippen MR) is 61.8 cm³/mol. The molecule has 0 heterocycles. The summed E-state index contributed by atoms with van der Waals surface area (Å²) in [5.41, 5.74) is 1.48. The van der Waals surface area contributed by atoms with Gasteiger partial charge >= 0.3 is 0 Å². The Hall–Kier alpha value is -2.03. The van der Waals surface area contributed by atoms with Gasteiger partial charge in [0.1, 0.15) is 11.6 Å². The van der Waals surface area contributed by atoms with Gasteiger partial charge in [0.15, 0.2) is 0 Å². The molecule has 0 spiro atoms. The van der Waals surface area contributed by atoms with Crippen LogP contribution in [0, 0.1) is 5.82 Å². The second-order valence-corrected chi connectivity index (χ2v) is 3.49. The second-order valence-electron chi connectivity index (χ2n) is 3.49. The zero-order valence-corrected chi connectivity index (χ0v) is 8.65. The number of phenols is 1. The molecule has 2 aromatic carbocycles. The maximum Gasteiger partial charge on any atom is 0.125 e. The number of hydrogen-bond acceptors (Lipinski definition) is 2. The number of aromatic hydroxyl groups is 1. The number of hydrogen-bond donors (Lipinski definition) is 2. The van der Waals surface area contributed by atoms with Gasteiger partial charge in [-0.05, 0) is 24.3 Å². The third-order valence-corrected chi connectivity index (χ3v) is 2.30. The first-order chi connectivity index (χ1) is 7.75. The highest BCUT2D eigenvalue weighted by Gasteiger charge is 1.99. The smallest absolute Gasteiger partial charge is 0.125 e. The van der Waals surface area contributed by atoms with Gasteiger partial charge in [-0.2, -0.15) is 0 Å². The molecule has 0 unspecified atom stereocenters. The average molecular weight is 217 g/mol. The molecule has 2 rings (SSSR count). The summed E-state index contributed by atoms with van der Waals surface area (Å²) in [4.78, 5) is 0. The predicted octanol–water partition coefficient (Wildman–Crippen LogP) is 3.14. The molecule has 2 nitrogen and oxygen atoms in total. The molecule has 0 saturated heterocycles. The number of rotatable bonds is 3. The molecule has 0 fully saturated rings. The lowest BCUT2D eigenvalue weighted by atomic mass is 10.2. The topological polar surface area (TPSA) is 32.3 Å². The Labute approximate surface area is 93.4 Å². The summed E-state index contributed by atoms with van der Waals surface area (Å²) < 4.78 is 12.9. The van der Waals surface area contributed by atoms with Crippen LogP contribution in [-0.2, 0) is 6.54 Å². The fourth-order valence-corrected chi connectivity index (χ4v) is 1.46. The molecule has 82 valence electrons. The van der Waals surface area contributed by atoms with Crippen LogP contribution in [0.3, 0.4) is 0 Å². The van der Waals surface area contributed by atoms with Gasteiger partial charge in [0, 0.05) is 17.8 Å². The van der Waals surface area contributed by atoms with Gasteiger partial charge in [-0.3, -0.25) is 0 Å². The highest BCUT2D eigenvalue weighted by Crippen LogP contribution is 2.17. The average Bonchev–Trinajstić information content (AvgIpc) is 2.28. The third kappa shape index (κ3) is 2.51. The zero-order valence-electron chi connectivity index (χ0n) is 8.65. The Bertz CT molecular complexity index is 485. The number of nitrogens with one attached hydrogen (secondary N) is 1. The minimum Gasteiger partial charge on any atom is -0.508 e. The molecule has 0 aliphatic carbocycles. The maximum atomic E-state index is 12.9. The van der Waals surface area contributed by atoms with Crippen LogP contribution in [0.2, 0.25) is 0 Å². The van der Waals surface area contributed by atoms with E-state index in [1.165, 1.54) is 12.1 Å². The first-order valence-corrected chi connectivity index (χ1v) is 5.02. The first kappa shape index (κ1) is 10.5. The van der Waals surface area contributed by atoms with Crippen molar-refractivity contribution in [3.63, 3.8) is 0 Å². The molecule has 0 aromatic heterocycles. The van der Waals surface area contributed by atoms with Crippen molar-refractivity contribution in [2.75, 3.05) is 5.32 Å². The third-order valence-electron chi connectivity index (χ3n) is 2.30. The monoisotopic (exact) mass is 217 g/mol. The minimum absolute atomic E-state index is 0.242. The van der Waals surface area contributed by atoms with Gasteiger partial charge in [0.25, 0.3) is 0 Å². The van der Waals surface area contributed by atoms with Crippen molar-refractivity contribution in [1.82, 2.24) is 0 Å². The van der Waals surface area contributed by atoms with Gasteiger partial charge in [0.2, 0.25) is 0 Å². The highest BCUT2D eigenvalue weighted by molar-refractivity contribution is 5.45. The fraction of sp³-hybridized carbons (Fsp3) is 0.0769. The number of halogens is 1. The molecule has 16 heavy (non-hydrogen) atoms. The fourth-order valence-electron chi connectivity index (χ4n) is 1.46. The molecule has 0 aliphatic heterocycles. The molecule has 0 saturated carbocycles. The molecule has 3 heteroatoms. The van der Waals surface area contributed by atoms with Crippen LogP contribution in [0.15, 0.2) is 48.5 Å². The zero-order chi connectivity index (χ0) is 11.4. The summed E-state index contributed by atoms with van der Waals surface area (Å²) in [6, 6.07) is 13.3. The van der Waals surface area contributed by atoms with E-state index in [-0.39, 0.29) is 11.6 Å². The summed E-state index contributed by atoms with van der Waals surface area (Å²) in [5, 5.41) is 12.6. The number of anilines is 1. The number of benzene rings is 2. The molecule has 0 radical (unpaired) electrons. The van der Waals surface area contributed by atoms with E-state index >= 15 is 0 Å². The van der Waals surface area contributed by atoms with Crippen molar-refractivity contribution in [3.8, 4) is 5.75 Å². The van der Waals surface area contributed by atoms with E-state index in [0.29, 0.717) is 12.2 Å². The Balaban J connectivity index is 2.05. The summed E-state index contributed by atoms with van der Waals surface area (Å²) in [5.74, 6) is -0.0336. The van der Waals surface area contributed by atoms with E-state index in [1.807, 2.05) is 12.1 Å². The van der Waals surface area contributed by atoms with Crippen molar-refractivity contribution < 1.29 is 9.50 Å². The summed E-state index contributed by atoms with van der Waals surface area (Å²) in [6.45, 7) is 0.468. The second kappa shape index (κ2) is 4.66. The van der Waals surface area contributed by atoms with Crippen LogP contribution in [-0.4, -0.2) is 5.11 Å². The van der Waals surface area contributed by atoms with Gasteiger partial charge in [-0.25, -0.2) is 4.39 Å². The van der Waals surface area contributed by atoms with Gasteiger partial charge in [-0.15, -0.1) is 0 Å². The van der Waals surface area contributed by atoms with Crippen molar-refractivity contribution in [2.45, 2.75) is 6.54 Å². The van der Waals surface area contributed by atoms with E-state index in [9.17, 15) is 9.50 Å². The van der Waals surface area contributed by atoms with Crippen LogP contribution in [0.25, 0.3) is 0 Å².